The average Bonchev–Trinajstić information content (AvgIpc) is 3.15. The van der Waals surface area contributed by atoms with E-state index in [0.29, 0.717) is 13.0 Å². The predicted molar refractivity (Wildman–Crippen MR) is 197 cm³/mol. The van der Waals surface area contributed by atoms with Gasteiger partial charge in [-0.1, -0.05) is 103 Å². The molecule has 2 rings (SSSR count). The van der Waals surface area contributed by atoms with Gasteiger partial charge in [-0.3, -0.25) is 4.79 Å². The van der Waals surface area contributed by atoms with Gasteiger partial charge in [-0.15, -0.1) is 0 Å². The fourth-order valence-corrected chi connectivity index (χ4v) is 6.32. The lowest BCUT2D eigenvalue weighted by molar-refractivity contribution is -0.332. The van der Waals surface area contributed by atoms with E-state index in [1.54, 1.807) is 0 Å². The van der Waals surface area contributed by atoms with Crippen molar-refractivity contribution >= 4 is 5.97 Å². The number of aliphatic hydroxyl groups excluding tert-OH is 7. The summed E-state index contributed by atoms with van der Waals surface area (Å²) in [5.74, 6) is -0.387. The standard InChI is InChI=1S/C39H72O14/c1-3-5-7-9-11-12-13-14-15-17-19-21-23-48-25-28(51-31(41)22-20-18-16-10-8-6-4-2)26-49-38-37(47)35(45)33(43)30(53-38)27-50-39-36(46)34(44)32(42)29(24-40)52-39/h9,11,28-30,32-40,42-47H,3-8,10,12-27H2,1-2H3/b11-9-. The molecule has 2 aliphatic rings. The molecule has 53 heavy (non-hydrogen) atoms. The number of hydrogen-bond acceptors (Lipinski definition) is 14. The second kappa shape index (κ2) is 29.0. The molecule has 0 bridgehead atoms. The number of unbranched alkanes of at least 4 members (excludes halogenated alkanes) is 14. The Labute approximate surface area is 316 Å². The summed E-state index contributed by atoms with van der Waals surface area (Å²) in [4.78, 5) is 12.8. The molecule has 2 heterocycles. The number of aliphatic hydroxyl groups is 7. The van der Waals surface area contributed by atoms with E-state index in [-0.39, 0.29) is 25.6 Å². The minimum atomic E-state index is -1.70. The van der Waals surface area contributed by atoms with Gasteiger partial charge in [0.2, 0.25) is 0 Å². The summed E-state index contributed by atoms with van der Waals surface area (Å²) in [6.07, 6.45) is 7.45. The van der Waals surface area contributed by atoms with Gasteiger partial charge < -0.3 is 64.2 Å². The summed E-state index contributed by atoms with van der Waals surface area (Å²) in [6.45, 7) is 3.56. The number of ether oxygens (including phenoxy) is 6. The number of esters is 1. The maximum atomic E-state index is 12.8. The van der Waals surface area contributed by atoms with Crippen LogP contribution in [0.3, 0.4) is 0 Å². The lowest BCUT2D eigenvalue weighted by Crippen LogP contribution is -2.61. The first kappa shape index (κ1) is 47.9. The van der Waals surface area contributed by atoms with Crippen LogP contribution in [-0.2, 0) is 33.2 Å². The smallest absolute Gasteiger partial charge is 0.306 e. The predicted octanol–water partition coefficient (Wildman–Crippen LogP) is 3.17. The van der Waals surface area contributed by atoms with Crippen molar-refractivity contribution in [3.05, 3.63) is 12.2 Å². The van der Waals surface area contributed by atoms with Crippen LogP contribution in [0, 0.1) is 0 Å². The first-order valence-corrected chi connectivity index (χ1v) is 20.3. The highest BCUT2D eigenvalue weighted by Gasteiger charge is 2.47. The molecule has 0 aromatic carbocycles. The molecule has 11 unspecified atom stereocenters. The van der Waals surface area contributed by atoms with Crippen LogP contribution in [0.1, 0.15) is 129 Å². The van der Waals surface area contributed by atoms with E-state index >= 15 is 0 Å². The molecule has 14 nitrogen and oxygen atoms in total. The van der Waals surface area contributed by atoms with Gasteiger partial charge in [-0.2, -0.15) is 0 Å². The fourth-order valence-electron chi connectivity index (χ4n) is 6.32. The Morgan fingerprint density at radius 2 is 1.13 bits per heavy atom. The maximum Gasteiger partial charge on any atom is 0.306 e. The third-order valence-electron chi connectivity index (χ3n) is 9.77. The summed E-state index contributed by atoms with van der Waals surface area (Å²) in [5.41, 5.74) is 0. The molecular formula is C39H72O14. The number of carbonyl (C=O) groups excluding carboxylic acids is 1. The molecule has 2 saturated heterocycles. The normalized spacial score (nSPS) is 29.8. The SMILES string of the molecule is CCCC/C=C\CCCCCCCCOCC(COC1OC(COC2OC(CO)C(O)C(O)C2O)C(O)C(O)C1O)OC(=O)CCCCCCCCC. The molecular weight excluding hydrogens is 692 g/mol. The van der Waals surface area contributed by atoms with Crippen molar-refractivity contribution in [1.82, 2.24) is 0 Å². The Morgan fingerprint density at radius 1 is 0.604 bits per heavy atom. The third kappa shape index (κ3) is 19.0. The first-order chi connectivity index (χ1) is 25.6. The van der Waals surface area contributed by atoms with Gasteiger partial charge in [-0.25, -0.2) is 0 Å². The summed E-state index contributed by atoms with van der Waals surface area (Å²) < 4.78 is 33.9. The van der Waals surface area contributed by atoms with E-state index in [9.17, 15) is 40.5 Å². The van der Waals surface area contributed by atoms with Gasteiger partial charge in [0, 0.05) is 13.0 Å². The number of allylic oxidation sites excluding steroid dienone is 2. The van der Waals surface area contributed by atoms with Gasteiger partial charge >= 0.3 is 5.97 Å². The number of carbonyl (C=O) groups is 1. The zero-order valence-electron chi connectivity index (χ0n) is 32.3. The second-order valence-corrected chi connectivity index (χ2v) is 14.5. The Bertz CT molecular complexity index is 938. The highest BCUT2D eigenvalue weighted by molar-refractivity contribution is 5.69. The van der Waals surface area contributed by atoms with Crippen LogP contribution in [0.15, 0.2) is 12.2 Å². The highest BCUT2D eigenvalue weighted by atomic mass is 16.7. The average molecular weight is 765 g/mol. The van der Waals surface area contributed by atoms with Crippen LogP contribution in [0.5, 0.6) is 0 Å². The molecule has 0 aliphatic carbocycles. The largest absolute Gasteiger partial charge is 0.457 e. The van der Waals surface area contributed by atoms with Gasteiger partial charge in [0.05, 0.1) is 26.4 Å². The van der Waals surface area contributed by atoms with Crippen LogP contribution in [0.25, 0.3) is 0 Å². The molecule has 0 radical (unpaired) electrons. The van der Waals surface area contributed by atoms with Crippen molar-refractivity contribution in [2.75, 3.05) is 33.0 Å². The molecule has 2 aliphatic heterocycles. The molecule has 14 heteroatoms. The van der Waals surface area contributed by atoms with E-state index < -0.39 is 80.7 Å². The van der Waals surface area contributed by atoms with Crippen LogP contribution < -0.4 is 0 Å². The Morgan fingerprint density at radius 3 is 1.77 bits per heavy atom. The first-order valence-electron chi connectivity index (χ1n) is 20.3. The molecule has 7 N–H and O–H groups in total. The summed E-state index contributed by atoms with van der Waals surface area (Å²) in [5, 5.41) is 71.5. The Hall–Kier alpha value is -1.27. The monoisotopic (exact) mass is 764 g/mol. The van der Waals surface area contributed by atoms with Crippen molar-refractivity contribution in [2.24, 2.45) is 0 Å². The van der Waals surface area contributed by atoms with E-state index in [4.69, 9.17) is 28.4 Å². The molecule has 0 saturated carbocycles. The van der Waals surface area contributed by atoms with E-state index in [0.717, 1.165) is 44.9 Å². The third-order valence-corrected chi connectivity index (χ3v) is 9.77. The minimum Gasteiger partial charge on any atom is -0.457 e. The second-order valence-electron chi connectivity index (χ2n) is 14.5. The van der Waals surface area contributed by atoms with E-state index in [1.165, 1.54) is 57.8 Å². The molecule has 11 atom stereocenters. The van der Waals surface area contributed by atoms with Gasteiger partial charge in [0.15, 0.2) is 12.6 Å². The summed E-state index contributed by atoms with van der Waals surface area (Å²) in [6, 6.07) is 0. The zero-order chi connectivity index (χ0) is 38.8. The Kier molecular flexibility index (Phi) is 26.2. The van der Waals surface area contributed by atoms with Crippen molar-refractivity contribution < 1.29 is 69.0 Å². The van der Waals surface area contributed by atoms with Crippen LogP contribution in [0.4, 0.5) is 0 Å². The van der Waals surface area contributed by atoms with Crippen molar-refractivity contribution in [3.63, 3.8) is 0 Å². The van der Waals surface area contributed by atoms with Crippen LogP contribution in [-0.4, -0.2) is 142 Å². The van der Waals surface area contributed by atoms with E-state index in [2.05, 4.69) is 26.0 Å². The molecule has 0 spiro atoms. The van der Waals surface area contributed by atoms with Crippen LogP contribution >= 0.6 is 0 Å². The fraction of sp³-hybridized carbons (Fsp3) is 0.923. The molecule has 0 aromatic rings. The summed E-state index contributed by atoms with van der Waals surface area (Å²) in [7, 11) is 0. The lowest BCUT2D eigenvalue weighted by Gasteiger charge is -2.42. The quantitative estimate of drug-likeness (QED) is 0.0318. The number of hydrogen-bond donors (Lipinski definition) is 7. The molecule has 2 fully saturated rings. The van der Waals surface area contributed by atoms with E-state index in [1.807, 2.05) is 0 Å². The van der Waals surface area contributed by atoms with Crippen molar-refractivity contribution in [1.29, 1.82) is 0 Å². The number of rotatable bonds is 30. The molecule has 312 valence electrons. The summed E-state index contributed by atoms with van der Waals surface area (Å²) >= 11 is 0. The van der Waals surface area contributed by atoms with Gasteiger partial charge in [0.1, 0.15) is 54.9 Å². The molecule has 0 aromatic heterocycles. The topological polar surface area (TPSA) is 214 Å². The van der Waals surface area contributed by atoms with Gasteiger partial charge in [0.25, 0.3) is 0 Å². The highest BCUT2D eigenvalue weighted by Crippen LogP contribution is 2.26. The Balaban J connectivity index is 1.85. The minimum absolute atomic E-state index is 0.0603. The lowest BCUT2D eigenvalue weighted by atomic mass is 9.98. The molecule has 0 amide bonds. The zero-order valence-corrected chi connectivity index (χ0v) is 32.3. The maximum absolute atomic E-state index is 12.8. The van der Waals surface area contributed by atoms with Crippen LogP contribution in [0.2, 0.25) is 0 Å². The van der Waals surface area contributed by atoms with Crippen molar-refractivity contribution in [2.45, 2.75) is 197 Å². The van der Waals surface area contributed by atoms with Crippen molar-refractivity contribution in [3.8, 4) is 0 Å². The van der Waals surface area contributed by atoms with Gasteiger partial charge in [-0.05, 0) is 32.1 Å².